The van der Waals surface area contributed by atoms with Gasteiger partial charge in [0.15, 0.2) is 11.5 Å². The Balaban J connectivity index is 2.67. The number of ether oxygens (including phenoxy) is 2. The van der Waals surface area contributed by atoms with E-state index in [9.17, 15) is 39.9 Å². The first-order valence-corrected chi connectivity index (χ1v) is 9.85. The maximum atomic E-state index is 14.7. The molecule has 0 saturated carbocycles. The zero-order valence-corrected chi connectivity index (χ0v) is 19.0. The molecule has 0 aromatic heterocycles. The van der Waals surface area contributed by atoms with E-state index in [1.165, 1.54) is 18.2 Å². The highest BCUT2D eigenvalue weighted by molar-refractivity contribution is 14.1. The van der Waals surface area contributed by atoms with Crippen LogP contribution >= 0.6 is 34.2 Å². The van der Waals surface area contributed by atoms with E-state index in [0.29, 0.717) is 0 Å². The van der Waals surface area contributed by atoms with Crippen LogP contribution in [0.4, 0.5) is 46.5 Å². The van der Waals surface area contributed by atoms with E-state index in [2.05, 4.69) is 4.74 Å². The predicted octanol–water partition coefficient (Wildman–Crippen LogP) is 6.54. The van der Waals surface area contributed by atoms with Crippen molar-refractivity contribution in [3.05, 3.63) is 46.5 Å². The number of benzene rings is 2. The molecule has 33 heavy (non-hydrogen) atoms. The first kappa shape index (κ1) is 27.0. The second-order valence-electron chi connectivity index (χ2n) is 6.25. The van der Waals surface area contributed by atoms with E-state index < -0.39 is 50.3 Å². The summed E-state index contributed by atoms with van der Waals surface area (Å²) in [4.78, 5) is 12.6. The Morgan fingerprint density at radius 1 is 1.15 bits per heavy atom. The van der Waals surface area contributed by atoms with Gasteiger partial charge in [-0.1, -0.05) is 17.7 Å². The average Bonchev–Trinajstić information content (AvgIpc) is 2.67. The minimum atomic E-state index is -6.18. The second kappa shape index (κ2) is 9.56. The van der Waals surface area contributed by atoms with Crippen molar-refractivity contribution in [2.75, 3.05) is 18.2 Å². The van der Waals surface area contributed by atoms with Gasteiger partial charge in [-0.15, -0.1) is 0 Å². The molecule has 0 aliphatic rings. The van der Waals surface area contributed by atoms with Crippen molar-refractivity contribution in [1.82, 2.24) is 0 Å². The van der Waals surface area contributed by atoms with Crippen LogP contribution in [0.1, 0.15) is 15.9 Å². The molecule has 1 atom stereocenters. The Labute approximate surface area is 199 Å². The van der Waals surface area contributed by atoms with Crippen LogP contribution in [0.25, 0.3) is 0 Å². The van der Waals surface area contributed by atoms with Crippen LogP contribution in [0, 0.1) is 0 Å². The number of nitrogens with one attached hydrogen (secondary N) is 1. The van der Waals surface area contributed by atoms with Gasteiger partial charge in [0.05, 0.1) is 23.4 Å². The molecule has 5 nitrogen and oxygen atoms in total. The molecule has 1 unspecified atom stereocenters. The number of alkyl halides is 9. The summed E-state index contributed by atoms with van der Waals surface area (Å²) in [5.74, 6) is -2.52. The first-order chi connectivity index (χ1) is 15.0. The van der Waals surface area contributed by atoms with Crippen LogP contribution in [-0.2, 0) is 5.67 Å². The highest BCUT2D eigenvalue weighted by Gasteiger charge is 2.71. The number of methoxy groups -OCH3 is 1. The molecule has 3 N–H and O–H groups in total. The molecule has 2 aromatic rings. The summed E-state index contributed by atoms with van der Waals surface area (Å²) in [6, 6.07) is 3.96. The van der Waals surface area contributed by atoms with Gasteiger partial charge in [-0.2, -0.15) is 30.7 Å². The minimum absolute atomic E-state index is 0.00677. The number of hydrogen-bond donors (Lipinski definition) is 2. The minimum Gasteiger partial charge on any atom is -0.494 e. The molecule has 2 aromatic carbocycles. The summed E-state index contributed by atoms with van der Waals surface area (Å²) in [6.45, 7) is -3.70. The molecular weight excluding hydrogens is 607 g/mol. The van der Waals surface area contributed by atoms with Gasteiger partial charge in [-0.05, 0) is 24.3 Å². The number of anilines is 2. The fraction of sp³-hybridized carbons (Fsp3) is 0.278. The summed E-state index contributed by atoms with van der Waals surface area (Å²) in [6.07, 6.45) is -6.18. The summed E-state index contributed by atoms with van der Waals surface area (Å²) >= 11 is 5.71. The van der Waals surface area contributed by atoms with Gasteiger partial charge >= 0.3 is 22.4 Å². The fourth-order valence-electron chi connectivity index (χ4n) is 2.72. The molecular formula is C18H12ClF8IN2O3. The van der Waals surface area contributed by atoms with Crippen molar-refractivity contribution in [3.8, 4) is 11.5 Å². The summed E-state index contributed by atoms with van der Waals surface area (Å²) in [7, 11) is 1.16. The van der Waals surface area contributed by atoms with Gasteiger partial charge in [0.25, 0.3) is 5.91 Å². The van der Waals surface area contributed by atoms with Gasteiger partial charge < -0.3 is 20.5 Å². The predicted molar refractivity (Wildman–Crippen MR) is 111 cm³/mol. The number of carbonyl (C=O) groups is 1. The highest BCUT2D eigenvalue weighted by atomic mass is 127. The largest absolute Gasteiger partial charge is 0.494 e. The fourth-order valence-corrected chi connectivity index (χ4v) is 3.60. The molecule has 182 valence electrons. The Morgan fingerprint density at radius 3 is 2.24 bits per heavy atom. The van der Waals surface area contributed by atoms with Gasteiger partial charge in [-0.3, -0.25) is 4.79 Å². The van der Waals surface area contributed by atoms with Crippen molar-refractivity contribution >= 4 is 51.5 Å². The third kappa shape index (κ3) is 5.31. The van der Waals surface area contributed by atoms with Crippen molar-refractivity contribution in [3.63, 3.8) is 0 Å². The van der Waals surface area contributed by atoms with Gasteiger partial charge in [0, 0.05) is 28.2 Å². The topological polar surface area (TPSA) is 73.6 Å². The van der Waals surface area contributed by atoms with Crippen LogP contribution in [-0.4, -0.2) is 29.7 Å². The monoisotopic (exact) mass is 618 g/mol. The van der Waals surface area contributed by atoms with E-state index in [0.717, 1.165) is 7.11 Å². The summed E-state index contributed by atoms with van der Waals surface area (Å²) in [5, 5.41) is 1.01. The van der Waals surface area contributed by atoms with E-state index >= 15 is 0 Å². The Kier molecular flexibility index (Phi) is 7.83. The van der Waals surface area contributed by atoms with Crippen LogP contribution < -0.4 is 20.5 Å². The molecule has 0 bridgehead atoms. The lowest BCUT2D eigenvalue weighted by atomic mass is 9.94. The average molecular weight is 619 g/mol. The Morgan fingerprint density at radius 2 is 1.76 bits per heavy atom. The number of para-hydroxylation sites is 1. The third-order valence-electron chi connectivity index (χ3n) is 4.18. The van der Waals surface area contributed by atoms with Crippen LogP contribution in [0.5, 0.6) is 11.5 Å². The first-order valence-electron chi connectivity index (χ1n) is 8.39. The maximum absolute atomic E-state index is 14.7. The van der Waals surface area contributed by atoms with Gasteiger partial charge in [0.1, 0.15) is 5.69 Å². The van der Waals surface area contributed by atoms with E-state index in [-0.39, 0.29) is 51.7 Å². The van der Waals surface area contributed by atoms with E-state index in [1.54, 1.807) is 0 Å². The standard InChI is InChI=1S/C18H12ClF8IN2O3/c1-32-13-8(3-2-4-10(13)29)14(31)30-12-9(19)5-7(6-11(12)33-15(20)21)16(22,17(23,24)25)18(26,27)28/h2-6,15H,29H2,1H3,(H,30,31). The smallest absolute Gasteiger partial charge is 0.433 e. The molecule has 0 radical (unpaired) electrons. The van der Waals surface area contributed by atoms with E-state index in [4.69, 9.17) is 22.1 Å². The van der Waals surface area contributed by atoms with E-state index in [1.807, 2.05) is 5.32 Å². The normalized spacial score (nSPS) is 14.1. The van der Waals surface area contributed by atoms with Crippen molar-refractivity contribution in [2.45, 2.75) is 22.4 Å². The molecule has 2 rings (SSSR count). The number of rotatable bonds is 7. The number of amides is 1. The summed E-state index contributed by atoms with van der Waals surface area (Å²) < 4.78 is 112. The number of nitrogens with two attached hydrogens (primary N) is 1. The summed E-state index contributed by atoms with van der Waals surface area (Å²) in [5.41, 5.74) is -2.56. The maximum Gasteiger partial charge on any atom is 0.433 e. The number of halogens is 10. The van der Waals surface area contributed by atoms with Crippen LogP contribution in [0.15, 0.2) is 30.3 Å². The Hall–Kier alpha value is -2.23. The lowest BCUT2D eigenvalue weighted by Crippen LogP contribution is -2.49. The van der Waals surface area contributed by atoms with Crippen molar-refractivity contribution < 1.29 is 49.4 Å². The zero-order valence-electron chi connectivity index (χ0n) is 16.0. The zero-order chi connectivity index (χ0) is 25.4. The quantitative estimate of drug-likeness (QED) is 0.160. The van der Waals surface area contributed by atoms with Gasteiger partial charge in [0.2, 0.25) is 0 Å². The molecule has 1 amide bonds. The highest BCUT2D eigenvalue weighted by Crippen LogP contribution is 2.57. The van der Waals surface area contributed by atoms with Crippen molar-refractivity contribution in [1.29, 1.82) is 0 Å². The molecule has 0 heterocycles. The van der Waals surface area contributed by atoms with Crippen LogP contribution in [0.2, 0.25) is 5.02 Å². The number of hydrogen-bond acceptors (Lipinski definition) is 4. The molecule has 0 fully saturated rings. The number of nitrogen functional groups attached to an aromatic ring is 1. The lowest BCUT2D eigenvalue weighted by molar-refractivity contribution is -0.279. The molecule has 0 aliphatic heterocycles. The van der Waals surface area contributed by atoms with Gasteiger partial charge in [-0.25, -0.2) is 4.39 Å². The Bertz CT molecular complexity index is 1030. The number of carbonyl (C=O) groups excluding carboxylic acids is 1. The van der Waals surface area contributed by atoms with Crippen molar-refractivity contribution in [2.24, 2.45) is 0 Å². The molecule has 15 heteroatoms. The molecule has 0 aliphatic carbocycles. The lowest BCUT2D eigenvalue weighted by Gasteiger charge is -2.32. The third-order valence-corrected chi connectivity index (χ3v) is 5.22. The molecule has 0 saturated heterocycles. The second-order valence-corrected chi connectivity index (χ2v) is 8.01. The molecule has 0 spiro atoms. The van der Waals surface area contributed by atoms with Crippen LogP contribution in [0.3, 0.4) is 0 Å². The SMILES string of the molecule is COc1c(N)cccc1C(=O)Nc1c(Cl)cc(C(F)(C(F)(F)F)C(F)(F)I)cc1OC(F)F.